The number of piperazine rings is 1. The van der Waals surface area contributed by atoms with Crippen molar-refractivity contribution in [3.05, 3.63) is 48.0 Å². The topological polar surface area (TPSA) is 134 Å². The first kappa shape index (κ1) is 19.3. The maximum atomic E-state index is 11.1. The number of hydrogen-bond acceptors (Lipinski definition) is 8. The van der Waals surface area contributed by atoms with Crippen molar-refractivity contribution in [2.75, 3.05) is 36.8 Å². The highest BCUT2D eigenvalue weighted by Crippen LogP contribution is 2.48. The van der Waals surface area contributed by atoms with Gasteiger partial charge in [0.2, 0.25) is 5.95 Å². The highest BCUT2D eigenvalue weighted by atomic mass is 16.5. The number of nitrogens with zero attached hydrogens (tertiary/aromatic N) is 6. The number of nitrogens with two attached hydrogens (primary N) is 1. The first-order valence-corrected chi connectivity index (χ1v) is 10.3. The molecule has 1 aliphatic carbocycles. The van der Waals surface area contributed by atoms with Gasteiger partial charge in [0, 0.05) is 44.1 Å². The largest absolute Gasteiger partial charge is 0.465 e. The molecule has 1 saturated heterocycles. The van der Waals surface area contributed by atoms with Gasteiger partial charge in [0.25, 0.3) is 0 Å². The summed E-state index contributed by atoms with van der Waals surface area (Å²) in [6.07, 6.45) is 5.56. The van der Waals surface area contributed by atoms with Gasteiger partial charge in [-0.1, -0.05) is 35.8 Å². The van der Waals surface area contributed by atoms with Gasteiger partial charge < -0.3 is 25.2 Å². The van der Waals surface area contributed by atoms with Crippen LogP contribution in [0.1, 0.15) is 30.7 Å². The first-order chi connectivity index (χ1) is 15.0. The second kappa shape index (κ2) is 7.53. The summed E-state index contributed by atoms with van der Waals surface area (Å²) in [6.45, 7) is 1.93. The summed E-state index contributed by atoms with van der Waals surface area (Å²) in [7, 11) is 0. The quantitative estimate of drug-likeness (QED) is 0.651. The molecule has 10 heteroatoms. The average Bonchev–Trinajstić information content (AvgIpc) is 3.24. The molecule has 0 unspecified atom stereocenters. The number of hydrogen-bond donors (Lipinski definition) is 2. The van der Waals surface area contributed by atoms with E-state index in [1.807, 2.05) is 4.90 Å². The lowest BCUT2D eigenvalue weighted by atomic mass is 9.64. The highest BCUT2D eigenvalue weighted by molar-refractivity contribution is 5.65. The third-order valence-corrected chi connectivity index (χ3v) is 6.31. The van der Waals surface area contributed by atoms with Gasteiger partial charge >= 0.3 is 12.1 Å². The van der Waals surface area contributed by atoms with Gasteiger partial charge in [0.1, 0.15) is 0 Å². The molecule has 1 aliphatic heterocycles. The standard InChI is InChI=1S/C21H23N7O3/c22-18-23-12-15(13-24-18)14-2-4-16(5-3-14)21(6-1-7-21)17-25-19(31-26-17)27-8-10-28(11-9-27)20(29)30/h2-5,12-13H,1,6-11H2,(H,29,30)(H2,22,23,24). The van der Waals surface area contributed by atoms with Crippen LogP contribution in [0.15, 0.2) is 41.2 Å². The lowest BCUT2D eigenvalue weighted by Crippen LogP contribution is -2.48. The third-order valence-electron chi connectivity index (χ3n) is 6.31. The van der Waals surface area contributed by atoms with Crippen molar-refractivity contribution in [1.82, 2.24) is 25.0 Å². The van der Waals surface area contributed by atoms with Crippen LogP contribution in [-0.2, 0) is 5.41 Å². The van der Waals surface area contributed by atoms with Crippen LogP contribution < -0.4 is 10.6 Å². The zero-order chi connectivity index (χ0) is 21.4. The van der Waals surface area contributed by atoms with Gasteiger partial charge in [-0.05, 0) is 24.0 Å². The Balaban J connectivity index is 1.36. The molecule has 1 amide bonds. The number of benzene rings is 1. The van der Waals surface area contributed by atoms with E-state index < -0.39 is 6.09 Å². The van der Waals surface area contributed by atoms with E-state index in [4.69, 9.17) is 20.3 Å². The summed E-state index contributed by atoms with van der Waals surface area (Å²) in [5, 5.41) is 13.4. The van der Waals surface area contributed by atoms with Crippen LogP contribution >= 0.6 is 0 Å². The monoisotopic (exact) mass is 421 g/mol. The van der Waals surface area contributed by atoms with E-state index in [9.17, 15) is 4.79 Å². The Hall–Kier alpha value is -3.69. The normalized spacial score (nSPS) is 17.9. The fraction of sp³-hybridized carbons (Fsp3) is 0.381. The van der Waals surface area contributed by atoms with Crippen LogP contribution in [0.4, 0.5) is 16.8 Å². The molecule has 160 valence electrons. The summed E-state index contributed by atoms with van der Waals surface area (Å²) in [5.74, 6) is 0.948. The Morgan fingerprint density at radius 2 is 1.71 bits per heavy atom. The molecule has 3 heterocycles. The molecule has 2 aliphatic rings. The van der Waals surface area contributed by atoms with Crippen molar-refractivity contribution in [1.29, 1.82) is 0 Å². The molecule has 0 atom stereocenters. The number of nitrogen functional groups attached to an aromatic ring is 1. The lowest BCUT2D eigenvalue weighted by molar-refractivity contribution is 0.141. The molecule has 3 aromatic rings. The van der Waals surface area contributed by atoms with Crippen LogP contribution in [0.25, 0.3) is 11.1 Å². The number of amides is 1. The highest BCUT2D eigenvalue weighted by Gasteiger charge is 2.45. The van der Waals surface area contributed by atoms with E-state index in [1.165, 1.54) is 4.90 Å². The zero-order valence-electron chi connectivity index (χ0n) is 16.9. The molecular weight excluding hydrogens is 398 g/mol. The molecule has 10 nitrogen and oxygen atoms in total. The predicted molar refractivity (Wildman–Crippen MR) is 113 cm³/mol. The summed E-state index contributed by atoms with van der Waals surface area (Å²) in [5.41, 5.74) is 8.41. The maximum Gasteiger partial charge on any atom is 0.407 e. The molecule has 3 N–H and O–H groups in total. The zero-order valence-corrected chi connectivity index (χ0v) is 16.9. The second-order valence-electron chi connectivity index (χ2n) is 8.00. The smallest absolute Gasteiger partial charge is 0.407 e. The number of carbonyl (C=O) groups is 1. The van der Waals surface area contributed by atoms with Gasteiger partial charge in [-0.15, -0.1) is 0 Å². The Kier molecular flexibility index (Phi) is 4.68. The van der Waals surface area contributed by atoms with Crippen LogP contribution in [-0.4, -0.2) is 62.4 Å². The molecule has 2 aromatic heterocycles. The van der Waals surface area contributed by atoms with E-state index in [0.29, 0.717) is 38.0 Å². The van der Waals surface area contributed by atoms with Crippen LogP contribution in [0.2, 0.25) is 0 Å². The molecule has 1 saturated carbocycles. The van der Waals surface area contributed by atoms with Gasteiger partial charge in [0.15, 0.2) is 5.82 Å². The summed E-state index contributed by atoms with van der Waals surface area (Å²) in [6, 6.07) is 8.77. The first-order valence-electron chi connectivity index (χ1n) is 10.3. The SMILES string of the molecule is Nc1ncc(-c2ccc(C3(c4noc(N5CCN(C(=O)O)CC5)n4)CCC3)cc2)cn1. The number of anilines is 2. The molecule has 0 spiro atoms. The second-order valence-corrected chi connectivity index (χ2v) is 8.00. The molecule has 31 heavy (non-hydrogen) atoms. The molecule has 2 fully saturated rings. The van der Waals surface area contributed by atoms with E-state index in [-0.39, 0.29) is 11.4 Å². The molecule has 5 rings (SSSR count). The van der Waals surface area contributed by atoms with E-state index in [0.717, 1.165) is 36.0 Å². The summed E-state index contributed by atoms with van der Waals surface area (Å²) < 4.78 is 5.58. The van der Waals surface area contributed by atoms with Gasteiger partial charge in [0.05, 0.1) is 5.41 Å². The molecule has 0 bridgehead atoms. The summed E-state index contributed by atoms with van der Waals surface area (Å²) >= 11 is 0. The minimum Gasteiger partial charge on any atom is -0.465 e. The van der Waals surface area contributed by atoms with E-state index in [1.54, 1.807) is 12.4 Å². The van der Waals surface area contributed by atoms with Gasteiger partial charge in [-0.2, -0.15) is 4.98 Å². The Labute approximate surface area is 178 Å². The van der Waals surface area contributed by atoms with Crippen molar-refractivity contribution in [2.45, 2.75) is 24.7 Å². The van der Waals surface area contributed by atoms with E-state index in [2.05, 4.69) is 39.4 Å². The van der Waals surface area contributed by atoms with Gasteiger partial charge in [-0.25, -0.2) is 14.8 Å². The minimum absolute atomic E-state index is 0.249. The molecule has 0 radical (unpaired) electrons. The Bertz CT molecular complexity index is 1070. The fourth-order valence-electron chi connectivity index (χ4n) is 4.27. The van der Waals surface area contributed by atoms with Crippen molar-refractivity contribution < 1.29 is 14.4 Å². The predicted octanol–water partition coefficient (Wildman–Crippen LogP) is 2.38. The van der Waals surface area contributed by atoms with Crippen LogP contribution in [0.5, 0.6) is 0 Å². The maximum absolute atomic E-state index is 11.1. The van der Waals surface area contributed by atoms with Crippen molar-refractivity contribution in [3.8, 4) is 11.1 Å². The third kappa shape index (κ3) is 3.43. The van der Waals surface area contributed by atoms with Crippen molar-refractivity contribution in [3.63, 3.8) is 0 Å². The van der Waals surface area contributed by atoms with Crippen LogP contribution in [0, 0.1) is 0 Å². The lowest BCUT2D eigenvalue weighted by Gasteiger charge is -2.39. The number of carboxylic acid groups (broad SMARTS) is 1. The van der Waals surface area contributed by atoms with Gasteiger partial charge in [-0.3, -0.25) is 0 Å². The minimum atomic E-state index is -0.895. The van der Waals surface area contributed by atoms with Crippen LogP contribution in [0.3, 0.4) is 0 Å². The Morgan fingerprint density at radius 1 is 1.03 bits per heavy atom. The number of aromatic nitrogens is 4. The molecule has 1 aromatic carbocycles. The Morgan fingerprint density at radius 3 is 2.29 bits per heavy atom. The fourth-order valence-corrected chi connectivity index (χ4v) is 4.27. The van der Waals surface area contributed by atoms with Crippen molar-refractivity contribution >= 4 is 18.1 Å². The van der Waals surface area contributed by atoms with E-state index >= 15 is 0 Å². The summed E-state index contributed by atoms with van der Waals surface area (Å²) in [4.78, 5) is 27.3. The van der Waals surface area contributed by atoms with Crippen molar-refractivity contribution in [2.24, 2.45) is 0 Å². The number of rotatable bonds is 4. The average molecular weight is 421 g/mol. The molecular formula is C21H23N7O3.